The quantitative estimate of drug-likeness (QED) is 0.880. The first-order valence-corrected chi connectivity index (χ1v) is 6.46. The molecule has 1 aromatic heterocycles. The van der Waals surface area contributed by atoms with Gasteiger partial charge in [-0.2, -0.15) is 0 Å². The Morgan fingerprint density at radius 3 is 2.72 bits per heavy atom. The minimum Gasteiger partial charge on any atom is -0.494 e. The Labute approximate surface area is 107 Å². The summed E-state index contributed by atoms with van der Waals surface area (Å²) in [6.07, 6.45) is 6.34. The molecule has 1 fully saturated rings. The number of hydrogen-bond donors (Lipinski definition) is 1. The van der Waals surface area contributed by atoms with Crippen LogP contribution in [0.3, 0.4) is 0 Å². The average Bonchev–Trinajstić information content (AvgIpc) is 2.85. The lowest BCUT2D eigenvalue weighted by atomic mass is 9.86. The molecule has 1 aliphatic carbocycles. The van der Waals surface area contributed by atoms with E-state index >= 15 is 0 Å². The molecule has 1 aliphatic rings. The molecule has 3 nitrogen and oxygen atoms in total. The van der Waals surface area contributed by atoms with E-state index in [-0.39, 0.29) is 5.54 Å². The molecule has 3 heteroatoms. The van der Waals surface area contributed by atoms with Gasteiger partial charge in [-0.05, 0) is 30.5 Å². The Balaban J connectivity index is 2.25. The van der Waals surface area contributed by atoms with Crippen LogP contribution in [-0.4, -0.2) is 12.1 Å². The lowest BCUT2D eigenvalue weighted by Crippen LogP contribution is -2.33. The molecule has 0 radical (unpaired) electrons. The number of ether oxygens (including phenoxy) is 1. The van der Waals surface area contributed by atoms with Crippen LogP contribution in [0.2, 0.25) is 0 Å². The molecule has 0 amide bonds. The zero-order chi connectivity index (χ0) is 12.6. The zero-order valence-corrected chi connectivity index (χ0v) is 10.6. The van der Waals surface area contributed by atoms with E-state index in [9.17, 15) is 0 Å². The summed E-state index contributed by atoms with van der Waals surface area (Å²) in [5.74, 6) is 0.816. The van der Waals surface area contributed by atoms with Crippen molar-refractivity contribution in [2.45, 2.75) is 31.2 Å². The summed E-state index contributed by atoms with van der Waals surface area (Å²) in [5.41, 5.74) is 8.51. The second kappa shape index (κ2) is 4.25. The van der Waals surface area contributed by atoms with Crippen molar-refractivity contribution in [3.8, 4) is 5.75 Å². The van der Waals surface area contributed by atoms with Gasteiger partial charge < -0.3 is 10.5 Å². The highest BCUT2D eigenvalue weighted by atomic mass is 16.5. The molecule has 2 aromatic rings. The van der Waals surface area contributed by atoms with E-state index in [1.807, 2.05) is 12.1 Å². The van der Waals surface area contributed by atoms with Gasteiger partial charge in [-0.15, -0.1) is 0 Å². The highest BCUT2D eigenvalue weighted by molar-refractivity contribution is 5.88. The monoisotopic (exact) mass is 242 g/mol. The summed E-state index contributed by atoms with van der Waals surface area (Å²) >= 11 is 0. The summed E-state index contributed by atoms with van der Waals surface area (Å²) in [5, 5.41) is 1.13. The standard InChI is InChI=1S/C15H18N2O/c1-18-13-7-6-12(15(16)8-2-3-9-15)11-5-4-10-17-14(11)13/h4-7,10H,2-3,8-9,16H2,1H3. The van der Waals surface area contributed by atoms with Crippen LogP contribution in [0.15, 0.2) is 30.5 Å². The number of aromatic nitrogens is 1. The van der Waals surface area contributed by atoms with Crippen molar-refractivity contribution in [1.29, 1.82) is 0 Å². The molecule has 3 rings (SSSR count). The number of benzene rings is 1. The Morgan fingerprint density at radius 2 is 2.00 bits per heavy atom. The molecule has 18 heavy (non-hydrogen) atoms. The van der Waals surface area contributed by atoms with Crippen molar-refractivity contribution in [2.75, 3.05) is 7.11 Å². The van der Waals surface area contributed by atoms with E-state index in [4.69, 9.17) is 10.5 Å². The Kier molecular flexibility index (Phi) is 2.71. The van der Waals surface area contributed by atoms with Gasteiger partial charge in [-0.1, -0.05) is 25.0 Å². The van der Waals surface area contributed by atoms with Crippen LogP contribution in [0, 0.1) is 0 Å². The van der Waals surface area contributed by atoms with Gasteiger partial charge >= 0.3 is 0 Å². The number of hydrogen-bond acceptors (Lipinski definition) is 3. The Morgan fingerprint density at radius 1 is 1.22 bits per heavy atom. The first-order valence-electron chi connectivity index (χ1n) is 6.46. The molecule has 0 saturated heterocycles. The van der Waals surface area contributed by atoms with E-state index in [0.29, 0.717) is 0 Å². The number of pyridine rings is 1. The summed E-state index contributed by atoms with van der Waals surface area (Å²) in [7, 11) is 1.68. The van der Waals surface area contributed by atoms with Gasteiger partial charge in [0, 0.05) is 17.1 Å². The molecular weight excluding hydrogens is 224 g/mol. The topological polar surface area (TPSA) is 48.1 Å². The molecular formula is C15H18N2O. The van der Waals surface area contributed by atoms with Gasteiger partial charge in [-0.3, -0.25) is 4.98 Å². The highest BCUT2D eigenvalue weighted by Crippen LogP contribution is 2.40. The van der Waals surface area contributed by atoms with Crippen LogP contribution in [0.4, 0.5) is 0 Å². The van der Waals surface area contributed by atoms with E-state index in [2.05, 4.69) is 17.1 Å². The lowest BCUT2D eigenvalue weighted by molar-refractivity contribution is 0.417. The Hall–Kier alpha value is -1.61. The van der Waals surface area contributed by atoms with Crippen LogP contribution in [0.25, 0.3) is 10.9 Å². The van der Waals surface area contributed by atoms with Crippen molar-refractivity contribution < 1.29 is 4.74 Å². The molecule has 2 N–H and O–H groups in total. The third kappa shape index (κ3) is 1.66. The summed E-state index contributed by atoms with van der Waals surface area (Å²) in [6, 6.07) is 8.14. The van der Waals surface area contributed by atoms with Crippen molar-refractivity contribution in [2.24, 2.45) is 5.73 Å². The van der Waals surface area contributed by atoms with Gasteiger partial charge in [0.2, 0.25) is 0 Å². The number of nitrogens with zero attached hydrogens (tertiary/aromatic N) is 1. The molecule has 94 valence electrons. The normalized spacial score (nSPS) is 18.1. The van der Waals surface area contributed by atoms with Crippen LogP contribution in [-0.2, 0) is 5.54 Å². The third-order valence-electron chi connectivity index (χ3n) is 3.98. The summed E-state index contributed by atoms with van der Waals surface area (Å²) < 4.78 is 5.37. The first kappa shape index (κ1) is 11.5. The highest BCUT2D eigenvalue weighted by Gasteiger charge is 2.32. The van der Waals surface area contributed by atoms with E-state index in [1.165, 1.54) is 18.4 Å². The molecule has 0 unspecified atom stereocenters. The van der Waals surface area contributed by atoms with Gasteiger partial charge in [0.15, 0.2) is 0 Å². The fourth-order valence-electron chi connectivity index (χ4n) is 3.02. The average molecular weight is 242 g/mol. The predicted molar refractivity (Wildman–Crippen MR) is 72.6 cm³/mol. The van der Waals surface area contributed by atoms with Crippen LogP contribution >= 0.6 is 0 Å². The van der Waals surface area contributed by atoms with Crippen molar-refractivity contribution in [3.63, 3.8) is 0 Å². The summed E-state index contributed by atoms with van der Waals surface area (Å²) in [4.78, 5) is 4.43. The van der Waals surface area contributed by atoms with Crippen LogP contribution < -0.4 is 10.5 Å². The van der Waals surface area contributed by atoms with Gasteiger partial charge in [0.05, 0.1) is 7.11 Å². The fraction of sp³-hybridized carbons (Fsp3) is 0.400. The second-order valence-electron chi connectivity index (χ2n) is 5.08. The number of methoxy groups -OCH3 is 1. The maximum atomic E-state index is 6.57. The molecule has 1 heterocycles. The van der Waals surface area contributed by atoms with E-state index in [0.717, 1.165) is 29.5 Å². The minimum atomic E-state index is -0.187. The third-order valence-corrected chi connectivity index (χ3v) is 3.98. The van der Waals surface area contributed by atoms with Gasteiger partial charge in [0.25, 0.3) is 0 Å². The second-order valence-corrected chi connectivity index (χ2v) is 5.08. The van der Waals surface area contributed by atoms with Gasteiger partial charge in [0.1, 0.15) is 11.3 Å². The Bertz CT molecular complexity index is 574. The maximum Gasteiger partial charge on any atom is 0.145 e. The number of fused-ring (bicyclic) bond motifs is 1. The predicted octanol–water partition coefficient (Wildman–Crippen LogP) is 2.97. The molecule has 0 spiro atoms. The first-order chi connectivity index (χ1) is 8.74. The smallest absolute Gasteiger partial charge is 0.145 e. The van der Waals surface area contributed by atoms with E-state index in [1.54, 1.807) is 13.3 Å². The van der Waals surface area contributed by atoms with Crippen molar-refractivity contribution in [1.82, 2.24) is 4.98 Å². The van der Waals surface area contributed by atoms with E-state index < -0.39 is 0 Å². The molecule has 0 aliphatic heterocycles. The zero-order valence-electron chi connectivity index (χ0n) is 10.6. The van der Waals surface area contributed by atoms with Crippen LogP contribution in [0.1, 0.15) is 31.2 Å². The molecule has 1 saturated carbocycles. The minimum absolute atomic E-state index is 0.187. The summed E-state index contributed by atoms with van der Waals surface area (Å²) in [6.45, 7) is 0. The fourth-order valence-corrected chi connectivity index (χ4v) is 3.02. The van der Waals surface area contributed by atoms with Gasteiger partial charge in [-0.25, -0.2) is 0 Å². The SMILES string of the molecule is COc1ccc(C2(N)CCCC2)c2cccnc12. The molecule has 1 aromatic carbocycles. The largest absolute Gasteiger partial charge is 0.494 e. The van der Waals surface area contributed by atoms with Crippen molar-refractivity contribution in [3.05, 3.63) is 36.0 Å². The number of nitrogens with two attached hydrogens (primary N) is 1. The van der Waals surface area contributed by atoms with Crippen molar-refractivity contribution >= 4 is 10.9 Å². The van der Waals surface area contributed by atoms with Crippen LogP contribution in [0.5, 0.6) is 5.75 Å². The maximum absolute atomic E-state index is 6.57. The number of rotatable bonds is 2. The molecule has 0 bridgehead atoms. The lowest BCUT2D eigenvalue weighted by Gasteiger charge is -2.26. The molecule has 0 atom stereocenters.